The third-order valence-electron chi connectivity index (χ3n) is 4.74. The zero-order chi connectivity index (χ0) is 25.3. The minimum Gasteiger partial charge on any atom is -0.465 e. The van der Waals surface area contributed by atoms with Crippen molar-refractivity contribution in [3.63, 3.8) is 0 Å². The van der Waals surface area contributed by atoms with Crippen LogP contribution in [0.1, 0.15) is 5.56 Å². The summed E-state index contributed by atoms with van der Waals surface area (Å²) in [5.41, 5.74) is 5.74. The van der Waals surface area contributed by atoms with Gasteiger partial charge in [-0.2, -0.15) is 13.2 Å². The van der Waals surface area contributed by atoms with Crippen molar-refractivity contribution in [2.45, 2.75) is 16.0 Å². The number of carbonyl (C=O) groups excluding carboxylic acids is 1. The first-order valence-electron chi connectivity index (χ1n) is 9.75. The van der Waals surface area contributed by atoms with E-state index in [9.17, 15) is 22.8 Å². The van der Waals surface area contributed by atoms with E-state index < -0.39 is 23.9 Å². The van der Waals surface area contributed by atoms with E-state index in [1.54, 1.807) is 30.3 Å². The molecule has 1 aromatic heterocycles. The van der Waals surface area contributed by atoms with E-state index in [1.165, 1.54) is 23.9 Å². The molecule has 1 heterocycles. The number of rotatable bonds is 5. The lowest BCUT2D eigenvalue weighted by Crippen LogP contribution is -2.31. The highest BCUT2D eigenvalue weighted by Gasteiger charge is 2.32. The Morgan fingerprint density at radius 3 is 2.37 bits per heavy atom. The minimum atomic E-state index is -4.62. The molecular formula is C22H15ClF3N5O3S. The smallest absolute Gasteiger partial charge is 0.416 e. The Morgan fingerprint density at radius 1 is 1.06 bits per heavy atom. The maximum atomic E-state index is 13.2. The van der Waals surface area contributed by atoms with Gasteiger partial charge in [-0.1, -0.05) is 23.4 Å². The third-order valence-corrected chi connectivity index (χ3v) is 6.06. The van der Waals surface area contributed by atoms with Crippen LogP contribution >= 0.6 is 23.4 Å². The van der Waals surface area contributed by atoms with Gasteiger partial charge in [0.2, 0.25) is 5.95 Å². The van der Waals surface area contributed by atoms with Crippen LogP contribution < -0.4 is 16.0 Å². The molecule has 3 amide bonds. The summed E-state index contributed by atoms with van der Waals surface area (Å²) in [7, 11) is 0. The lowest BCUT2D eigenvalue weighted by atomic mass is 10.1. The Morgan fingerprint density at radius 2 is 1.74 bits per heavy atom. The molecule has 35 heavy (non-hydrogen) atoms. The molecule has 0 aliphatic heterocycles. The van der Waals surface area contributed by atoms with Gasteiger partial charge in [-0.3, -0.25) is 10.2 Å². The van der Waals surface area contributed by atoms with Crippen molar-refractivity contribution in [1.82, 2.24) is 9.97 Å². The molecule has 0 aliphatic rings. The third kappa shape index (κ3) is 5.44. The number of aromatic nitrogens is 2. The Hall–Kier alpha value is -3.90. The molecule has 0 bridgehead atoms. The number of nitrogens with one attached hydrogen (secondary N) is 2. The molecule has 0 fully saturated rings. The minimum absolute atomic E-state index is 0.0696. The summed E-state index contributed by atoms with van der Waals surface area (Å²) >= 11 is 7.45. The van der Waals surface area contributed by atoms with Crippen molar-refractivity contribution >= 4 is 63.8 Å². The number of H-pyrrole nitrogens is 1. The number of primary amides is 1. The van der Waals surface area contributed by atoms with Gasteiger partial charge in [0.1, 0.15) is 0 Å². The summed E-state index contributed by atoms with van der Waals surface area (Å²) in [5.74, 6) is 0.0961. The second-order valence-electron chi connectivity index (χ2n) is 7.13. The number of carbonyl (C=O) groups is 2. The number of fused-ring (bicyclic) bond motifs is 1. The number of halogens is 4. The van der Waals surface area contributed by atoms with Crippen molar-refractivity contribution in [3.05, 3.63) is 71.2 Å². The second kappa shape index (κ2) is 9.39. The largest absolute Gasteiger partial charge is 0.465 e. The summed E-state index contributed by atoms with van der Waals surface area (Å²) < 4.78 is 39.5. The number of hydrogen-bond acceptors (Lipinski definition) is 4. The molecule has 0 saturated heterocycles. The average Bonchev–Trinajstić information content (AvgIpc) is 3.16. The van der Waals surface area contributed by atoms with Crippen molar-refractivity contribution in [2.75, 3.05) is 10.2 Å². The van der Waals surface area contributed by atoms with Crippen LogP contribution in [-0.2, 0) is 6.18 Å². The monoisotopic (exact) mass is 521 g/mol. The molecule has 0 atom stereocenters. The number of urea groups is 1. The van der Waals surface area contributed by atoms with E-state index in [0.717, 1.165) is 32.9 Å². The summed E-state index contributed by atoms with van der Waals surface area (Å²) in [6.45, 7) is 0. The topological polar surface area (TPSA) is 124 Å². The first-order chi connectivity index (χ1) is 16.5. The van der Waals surface area contributed by atoms with E-state index >= 15 is 0 Å². The van der Waals surface area contributed by atoms with Gasteiger partial charge >= 0.3 is 18.3 Å². The van der Waals surface area contributed by atoms with E-state index in [0.29, 0.717) is 11.0 Å². The zero-order valence-electron chi connectivity index (χ0n) is 17.4. The molecule has 13 heteroatoms. The Bertz CT molecular complexity index is 1430. The molecule has 0 unspecified atom stereocenters. The molecule has 5 N–H and O–H groups in total. The Labute approximate surface area is 204 Å². The standard InChI is InChI=1S/C22H15ClF3N5O3S/c23-15-7-1-11(22(24,25)26)9-18(15)31(19(27)32)12-2-4-13(5-3-12)35-14-6-8-16-17(10-14)29-20(28-16)30-21(33)34/h1-10H,(H2,27,32)(H,33,34)(H2,28,29,30). The first kappa shape index (κ1) is 24.2. The summed E-state index contributed by atoms with van der Waals surface area (Å²) in [5, 5.41) is 10.9. The zero-order valence-corrected chi connectivity index (χ0v) is 19.0. The van der Waals surface area contributed by atoms with E-state index in [2.05, 4.69) is 15.3 Å². The van der Waals surface area contributed by atoms with Crippen molar-refractivity contribution in [1.29, 1.82) is 0 Å². The normalized spacial score (nSPS) is 11.4. The fraction of sp³-hybridized carbons (Fsp3) is 0.0455. The molecule has 8 nitrogen and oxygen atoms in total. The van der Waals surface area contributed by atoms with E-state index in [-0.39, 0.29) is 22.3 Å². The summed E-state index contributed by atoms with van der Waals surface area (Å²) in [6, 6.07) is 13.4. The molecule has 0 radical (unpaired) electrons. The van der Waals surface area contributed by atoms with E-state index in [1.807, 2.05) is 0 Å². The number of nitrogens with zero attached hydrogens (tertiary/aromatic N) is 2. The van der Waals surface area contributed by atoms with Crippen LogP contribution in [0.3, 0.4) is 0 Å². The number of aromatic amines is 1. The predicted octanol–water partition coefficient (Wildman–Crippen LogP) is 6.69. The number of anilines is 3. The maximum Gasteiger partial charge on any atom is 0.416 e. The van der Waals surface area contributed by atoms with Crippen molar-refractivity contribution in [2.24, 2.45) is 5.73 Å². The van der Waals surface area contributed by atoms with E-state index in [4.69, 9.17) is 22.4 Å². The van der Waals surface area contributed by atoms with Crippen LogP contribution in [0.15, 0.2) is 70.5 Å². The molecule has 0 saturated carbocycles. The number of carboxylic acid groups (broad SMARTS) is 1. The van der Waals surface area contributed by atoms with Crippen LogP contribution in [-0.4, -0.2) is 27.2 Å². The lowest BCUT2D eigenvalue weighted by Gasteiger charge is -2.23. The molecule has 3 aromatic carbocycles. The fourth-order valence-electron chi connectivity index (χ4n) is 3.26. The summed E-state index contributed by atoms with van der Waals surface area (Å²) in [4.78, 5) is 32.4. The van der Waals surface area contributed by atoms with Gasteiger partial charge in [-0.05, 0) is 60.7 Å². The number of amides is 3. The van der Waals surface area contributed by atoms with Gasteiger partial charge in [0.05, 0.1) is 33.0 Å². The number of imidazole rings is 1. The van der Waals surface area contributed by atoms with Gasteiger partial charge in [-0.25, -0.2) is 14.6 Å². The highest BCUT2D eigenvalue weighted by Crippen LogP contribution is 2.39. The highest BCUT2D eigenvalue weighted by molar-refractivity contribution is 7.99. The number of benzene rings is 3. The Kier molecular flexibility index (Phi) is 6.50. The van der Waals surface area contributed by atoms with Crippen molar-refractivity contribution in [3.8, 4) is 0 Å². The molecular weight excluding hydrogens is 507 g/mol. The van der Waals surface area contributed by atoms with Gasteiger partial charge in [0.15, 0.2) is 0 Å². The Balaban J connectivity index is 1.59. The number of alkyl halides is 3. The molecule has 0 aliphatic carbocycles. The number of nitrogens with two attached hydrogens (primary N) is 1. The lowest BCUT2D eigenvalue weighted by molar-refractivity contribution is -0.137. The van der Waals surface area contributed by atoms with Gasteiger partial charge in [-0.15, -0.1) is 0 Å². The predicted molar refractivity (Wildman–Crippen MR) is 126 cm³/mol. The molecule has 180 valence electrons. The van der Waals surface area contributed by atoms with Crippen LogP contribution in [0.5, 0.6) is 0 Å². The average molecular weight is 522 g/mol. The summed E-state index contributed by atoms with van der Waals surface area (Å²) in [6.07, 6.45) is -5.86. The van der Waals surface area contributed by atoms with Gasteiger partial charge in [0.25, 0.3) is 0 Å². The number of hydrogen-bond donors (Lipinski definition) is 4. The van der Waals surface area contributed by atoms with Crippen LogP contribution in [0, 0.1) is 0 Å². The van der Waals surface area contributed by atoms with Crippen LogP contribution in [0.2, 0.25) is 5.02 Å². The molecule has 0 spiro atoms. The van der Waals surface area contributed by atoms with Crippen molar-refractivity contribution < 1.29 is 27.9 Å². The van der Waals surface area contributed by atoms with Crippen LogP contribution in [0.25, 0.3) is 11.0 Å². The van der Waals surface area contributed by atoms with Gasteiger partial charge in [0, 0.05) is 9.79 Å². The fourth-order valence-corrected chi connectivity index (χ4v) is 4.32. The quantitative estimate of drug-likeness (QED) is 0.233. The first-order valence-corrected chi connectivity index (χ1v) is 10.9. The molecule has 4 aromatic rings. The SMILES string of the molecule is NC(=O)N(c1ccc(Sc2ccc3nc(NC(=O)O)[nH]c3c2)cc1)c1cc(C(F)(F)F)ccc1Cl. The second-order valence-corrected chi connectivity index (χ2v) is 8.68. The highest BCUT2D eigenvalue weighted by atomic mass is 35.5. The maximum absolute atomic E-state index is 13.2. The van der Waals surface area contributed by atoms with Crippen LogP contribution in [0.4, 0.5) is 40.1 Å². The molecule has 4 rings (SSSR count). The van der Waals surface area contributed by atoms with Gasteiger partial charge < -0.3 is 15.8 Å².